The van der Waals surface area contributed by atoms with Gasteiger partial charge in [-0.2, -0.15) is 0 Å². The Balaban J connectivity index is 2.09. The SMILES string of the molecule is CC1CC(Nc2cc(Cl)c(O)c(Cl)c2)C1. The second-order valence-corrected chi connectivity index (χ2v) is 5.02. The van der Waals surface area contributed by atoms with E-state index >= 15 is 0 Å². The molecule has 2 N–H and O–H groups in total. The zero-order valence-electron chi connectivity index (χ0n) is 8.43. The van der Waals surface area contributed by atoms with Gasteiger partial charge >= 0.3 is 0 Å². The van der Waals surface area contributed by atoms with Crippen molar-refractivity contribution < 1.29 is 5.11 Å². The Morgan fingerprint density at radius 3 is 2.27 bits per heavy atom. The van der Waals surface area contributed by atoms with Crippen LogP contribution in [0.4, 0.5) is 5.69 Å². The molecule has 1 fully saturated rings. The first-order valence-electron chi connectivity index (χ1n) is 5.01. The highest BCUT2D eigenvalue weighted by Crippen LogP contribution is 2.36. The van der Waals surface area contributed by atoms with Gasteiger partial charge in [-0.05, 0) is 30.9 Å². The summed E-state index contributed by atoms with van der Waals surface area (Å²) in [6.07, 6.45) is 2.35. The van der Waals surface area contributed by atoms with Crippen molar-refractivity contribution in [2.75, 3.05) is 5.32 Å². The molecule has 0 saturated heterocycles. The summed E-state index contributed by atoms with van der Waals surface area (Å²) in [5, 5.41) is 13.3. The molecule has 1 aromatic rings. The molecule has 1 aromatic carbocycles. The molecule has 1 saturated carbocycles. The van der Waals surface area contributed by atoms with Gasteiger partial charge in [0.15, 0.2) is 5.75 Å². The summed E-state index contributed by atoms with van der Waals surface area (Å²) in [6, 6.07) is 3.91. The number of halogens is 2. The largest absolute Gasteiger partial charge is 0.505 e. The number of nitrogens with one attached hydrogen (secondary N) is 1. The van der Waals surface area contributed by atoms with Crippen LogP contribution in [0.2, 0.25) is 10.0 Å². The molecule has 0 atom stereocenters. The topological polar surface area (TPSA) is 32.3 Å². The molecule has 4 heteroatoms. The summed E-state index contributed by atoms with van der Waals surface area (Å²) in [6.45, 7) is 2.23. The van der Waals surface area contributed by atoms with E-state index in [0.29, 0.717) is 6.04 Å². The molecule has 0 heterocycles. The average Bonchev–Trinajstić information content (AvgIpc) is 2.11. The molecule has 2 nitrogen and oxygen atoms in total. The van der Waals surface area contributed by atoms with Gasteiger partial charge in [0, 0.05) is 11.7 Å². The molecule has 0 aromatic heterocycles. The molecule has 1 aliphatic rings. The van der Waals surface area contributed by atoms with E-state index in [-0.39, 0.29) is 15.8 Å². The molecule has 2 rings (SSSR count). The monoisotopic (exact) mass is 245 g/mol. The lowest BCUT2D eigenvalue weighted by atomic mass is 9.82. The second-order valence-electron chi connectivity index (χ2n) is 4.21. The van der Waals surface area contributed by atoms with Gasteiger partial charge in [0.05, 0.1) is 10.0 Å². The minimum atomic E-state index is -0.0501. The van der Waals surface area contributed by atoms with Crippen LogP contribution in [0.3, 0.4) is 0 Å². The fourth-order valence-electron chi connectivity index (χ4n) is 1.90. The van der Waals surface area contributed by atoms with Crippen LogP contribution >= 0.6 is 23.2 Å². The first-order chi connectivity index (χ1) is 7.06. The Morgan fingerprint density at radius 2 is 1.80 bits per heavy atom. The maximum absolute atomic E-state index is 9.39. The van der Waals surface area contributed by atoms with Crippen molar-refractivity contribution >= 4 is 28.9 Å². The maximum Gasteiger partial charge on any atom is 0.152 e. The molecule has 0 aliphatic heterocycles. The van der Waals surface area contributed by atoms with E-state index in [1.807, 2.05) is 0 Å². The minimum Gasteiger partial charge on any atom is -0.505 e. The fraction of sp³-hybridized carbons (Fsp3) is 0.455. The van der Waals surface area contributed by atoms with Crippen molar-refractivity contribution in [2.24, 2.45) is 5.92 Å². The first-order valence-corrected chi connectivity index (χ1v) is 5.76. The lowest BCUT2D eigenvalue weighted by molar-refractivity contribution is 0.309. The summed E-state index contributed by atoms with van der Waals surface area (Å²) < 4.78 is 0. The average molecular weight is 246 g/mol. The second kappa shape index (κ2) is 4.11. The van der Waals surface area contributed by atoms with Crippen molar-refractivity contribution in [3.05, 3.63) is 22.2 Å². The van der Waals surface area contributed by atoms with Crippen molar-refractivity contribution in [1.82, 2.24) is 0 Å². The van der Waals surface area contributed by atoms with Crippen molar-refractivity contribution in [1.29, 1.82) is 0 Å². The first kappa shape index (κ1) is 10.9. The lowest BCUT2D eigenvalue weighted by Crippen LogP contribution is -2.33. The van der Waals surface area contributed by atoms with Gasteiger partial charge in [-0.3, -0.25) is 0 Å². The van der Waals surface area contributed by atoms with Crippen molar-refractivity contribution in [3.63, 3.8) is 0 Å². The van der Waals surface area contributed by atoms with Crippen LogP contribution in [0.15, 0.2) is 12.1 Å². The predicted molar refractivity (Wildman–Crippen MR) is 63.9 cm³/mol. The van der Waals surface area contributed by atoms with Gasteiger partial charge < -0.3 is 10.4 Å². The Kier molecular flexibility index (Phi) is 2.98. The molecular weight excluding hydrogens is 233 g/mol. The summed E-state index contributed by atoms with van der Waals surface area (Å²) in [5.41, 5.74) is 0.875. The molecule has 0 amide bonds. The van der Waals surface area contributed by atoms with E-state index in [1.54, 1.807) is 12.1 Å². The molecule has 15 heavy (non-hydrogen) atoms. The van der Waals surface area contributed by atoms with Gasteiger partial charge in [0.25, 0.3) is 0 Å². The van der Waals surface area contributed by atoms with Crippen LogP contribution in [0, 0.1) is 5.92 Å². The van der Waals surface area contributed by atoms with E-state index in [9.17, 15) is 5.11 Å². The summed E-state index contributed by atoms with van der Waals surface area (Å²) in [4.78, 5) is 0. The number of rotatable bonds is 2. The highest BCUT2D eigenvalue weighted by Gasteiger charge is 2.25. The lowest BCUT2D eigenvalue weighted by Gasteiger charge is -2.34. The zero-order valence-corrected chi connectivity index (χ0v) is 9.94. The highest BCUT2D eigenvalue weighted by atomic mass is 35.5. The third-order valence-corrected chi connectivity index (χ3v) is 3.34. The minimum absolute atomic E-state index is 0.0501. The Bertz CT molecular complexity index is 352. The molecule has 1 aliphatic carbocycles. The van der Waals surface area contributed by atoms with Gasteiger partial charge in [-0.15, -0.1) is 0 Å². The summed E-state index contributed by atoms with van der Waals surface area (Å²) in [5.74, 6) is 0.747. The fourth-order valence-corrected chi connectivity index (χ4v) is 2.39. The quantitative estimate of drug-likeness (QED) is 0.775. The van der Waals surface area contributed by atoms with Gasteiger partial charge in [-0.1, -0.05) is 30.1 Å². The maximum atomic E-state index is 9.39. The number of phenolic OH excluding ortho intramolecular Hbond substituents is 1. The normalized spacial score (nSPS) is 24.7. The van der Waals surface area contributed by atoms with Crippen LogP contribution in [0.1, 0.15) is 19.8 Å². The van der Waals surface area contributed by atoms with Crippen LogP contribution in [0.5, 0.6) is 5.75 Å². The van der Waals surface area contributed by atoms with Gasteiger partial charge in [0.1, 0.15) is 0 Å². The number of anilines is 1. The Hall–Kier alpha value is -0.600. The third kappa shape index (κ3) is 2.32. The van der Waals surface area contributed by atoms with E-state index < -0.39 is 0 Å². The van der Waals surface area contributed by atoms with Crippen LogP contribution in [0.25, 0.3) is 0 Å². The molecule has 0 bridgehead atoms. The van der Waals surface area contributed by atoms with E-state index in [0.717, 1.165) is 11.6 Å². The third-order valence-electron chi connectivity index (χ3n) is 2.76. The Labute approximate surface area is 99.2 Å². The van der Waals surface area contributed by atoms with E-state index in [4.69, 9.17) is 23.2 Å². The molecule has 82 valence electrons. The van der Waals surface area contributed by atoms with Crippen LogP contribution in [-0.4, -0.2) is 11.1 Å². The number of hydrogen-bond acceptors (Lipinski definition) is 2. The smallest absolute Gasteiger partial charge is 0.152 e. The number of aromatic hydroxyl groups is 1. The summed E-state index contributed by atoms with van der Waals surface area (Å²) >= 11 is 11.6. The number of benzene rings is 1. The molecule has 0 unspecified atom stereocenters. The number of phenols is 1. The van der Waals surface area contributed by atoms with Gasteiger partial charge in [-0.25, -0.2) is 0 Å². The summed E-state index contributed by atoms with van der Waals surface area (Å²) in [7, 11) is 0. The van der Waals surface area contributed by atoms with Crippen LogP contribution in [-0.2, 0) is 0 Å². The molecule has 0 radical (unpaired) electrons. The van der Waals surface area contributed by atoms with E-state index in [1.165, 1.54) is 12.8 Å². The number of hydrogen-bond donors (Lipinski definition) is 2. The zero-order chi connectivity index (χ0) is 11.0. The molecular formula is C11H13Cl2NO. The van der Waals surface area contributed by atoms with Crippen molar-refractivity contribution in [3.8, 4) is 5.75 Å². The van der Waals surface area contributed by atoms with Gasteiger partial charge in [0.2, 0.25) is 0 Å². The van der Waals surface area contributed by atoms with Crippen LogP contribution < -0.4 is 5.32 Å². The Morgan fingerprint density at radius 1 is 1.27 bits per heavy atom. The van der Waals surface area contributed by atoms with Crippen molar-refractivity contribution in [2.45, 2.75) is 25.8 Å². The highest BCUT2D eigenvalue weighted by molar-refractivity contribution is 6.37. The molecule has 0 spiro atoms. The standard InChI is InChI=1S/C11H13Cl2NO/c1-6-2-7(3-6)14-8-4-9(12)11(15)10(13)5-8/h4-7,14-15H,2-3H2,1H3. The van der Waals surface area contributed by atoms with E-state index in [2.05, 4.69) is 12.2 Å². The predicted octanol–water partition coefficient (Wildman–Crippen LogP) is 3.91.